The van der Waals surface area contributed by atoms with Crippen molar-refractivity contribution < 1.29 is 8.63 Å². The number of hydrogen-bond donors (Lipinski definition) is 1. The quantitative estimate of drug-likeness (QED) is 0.856. The summed E-state index contributed by atoms with van der Waals surface area (Å²) >= 11 is 0. The van der Waals surface area contributed by atoms with Gasteiger partial charge in [-0.1, -0.05) is 0 Å². The van der Waals surface area contributed by atoms with Gasteiger partial charge in [0.15, 0.2) is 0 Å². The summed E-state index contributed by atoms with van der Waals surface area (Å²) in [6.07, 6.45) is 3.72. The first-order chi connectivity index (χ1) is 7.25. The molecule has 1 aliphatic rings. The highest BCUT2D eigenvalue weighted by Gasteiger charge is 2.20. The Morgan fingerprint density at radius 1 is 1.53 bits per heavy atom. The zero-order chi connectivity index (χ0) is 10.7. The maximum absolute atomic E-state index is 11.2. The molecule has 15 heavy (non-hydrogen) atoms. The number of furan rings is 1. The van der Waals surface area contributed by atoms with Gasteiger partial charge in [0, 0.05) is 28.3 Å². The number of hydrogen-bond acceptors (Lipinski definition) is 3. The Bertz CT molecular complexity index is 313. The van der Waals surface area contributed by atoms with Gasteiger partial charge in [0.05, 0.1) is 12.3 Å². The average molecular weight is 227 g/mol. The molecule has 4 heteroatoms. The molecule has 0 saturated carbocycles. The second kappa shape index (κ2) is 4.94. The van der Waals surface area contributed by atoms with Crippen LogP contribution in [-0.2, 0) is 10.8 Å². The van der Waals surface area contributed by atoms with E-state index in [9.17, 15) is 4.21 Å². The fraction of sp³-hybridized carbons (Fsp3) is 0.636. The van der Waals surface area contributed by atoms with Gasteiger partial charge in [-0.3, -0.25) is 4.21 Å². The van der Waals surface area contributed by atoms with Crippen molar-refractivity contribution in [3.63, 3.8) is 0 Å². The third kappa shape index (κ3) is 2.92. The summed E-state index contributed by atoms with van der Waals surface area (Å²) < 4.78 is 16.5. The molecule has 3 nitrogen and oxygen atoms in total. The molecule has 0 aromatic carbocycles. The van der Waals surface area contributed by atoms with E-state index in [2.05, 4.69) is 12.2 Å². The van der Waals surface area contributed by atoms with Crippen molar-refractivity contribution in [2.24, 2.45) is 0 Å². The molecule has 0 spiro atoms. The van der Waals surface area contributed by atoms with Gasteiger partial charge in [-0.2, -0.15) is 0 Å². The minimum atomic E-state index is -0.576. The molecule has 0 amide bonds. The van der Waals surface area contributed by atoms with Crippen molar-refractivity contribution in [1.29, 1.82) is 0 Å². The van der Waals surface area contributed by atoms with E-state index < -0.39 is 10.8 Å². The smallest absolute Gasteiger partial charge is 0.120 e. The van der Waals surface area contributed by atoms with Crippen LogP contribution in [-0.4, -0.2) is 21.8 Å². The standard InChI is InChI=1S/C11H17NO2S/c1-9(11-3-2-6-14-11)12-10-4-7-15(13)8-5-10/h2-3,6,9-10,12H,4-5,7-8H2,1H3/t9-,10?,15?/m1/s1. The van der Waals surface area contributed by atoms with Crippen LogP contribution in [0.1, 0.15) is 31.6 Å². The molecule has 1 saturated heterocycles. The Kier molecular flexibility index (Phi) is 3.59. The third-order valence-corrected chi connectivity index (χ3v) is 4.23. The van der Waals surface area contributed by atoms with Crippen LogP contribution in [0, 0.1) is 0 Å². The predicted octanol–water partition coefficient (Wildman–Crippen LogP) is 1.84. The van der Waals surface area contributed by atoms with E-state index in [4.69, 9.17) is 4.42 Å². The monoisotopic (exact) mass is 227 g/mol. The molecular formula is C11H17NO2S. The maximum Gasteiger partial charge on any atom is 0.120 e. The van der Waals surface area contributed by atoms with E-state index in [0.29, 0.717) is 6.04 Å². The molecule has 1 atom stereocenters. The molecule has 2 rings (SSSR count). The molecule has 1 fully saturated rings. The minimum Gasteiger partial charge on any atom is -0.468 e. The van der Waals surface area contributed by atoms with Crippen LogP contribution in [0.4, 0.5) is 0 Å². The largest absolute Gasteiger partial charge is 0.468 e. The van der Waals surface area contributed by atoms with Crippen molar-refractivity contribution >= 4 is 10.8 Å². The fourth-order valence-electron chi connectivity index (χ4n) is 1.93. The second-order valence-electron chi connectivity index (χ2n) is 4.03. The molecule has 0 radical (unpaired) electrons. The third-order valence-electron chi connectivity index (χ3n) is 2.84. The Morgan fingerprint density at radius 3 is 2.87 bits per heavy atom. The highest BCUT2D eigenvalue weighted by atomic mass is 32.2. The maximum atomic E-state index is 11.2. The lowest BCUT2D eigenvalue weighted by Crippen LogP contribution is -2.37. The Balaban J connectivity index is 1.84. The summed E-state index contributed by atoms with van der Waals surface area (Å²) in [5.41, 5.74) is 0. The molecule has 0 bridgehead atoms. The van der Waals surface area contributed by atoms with Crippen molar-refractivity contribution in [2.75, 3.05) is 11.5 Å². The average Bonchev–Trinajstić information content (AvgIpc) is 2.74. The van der Waals surface area contributed by atoms with E-state index in [1.807, 2.05) is 12.1 Å². The summed E-state index contributed by atoms with van der Waals surface area (Å²) in [6, 6.07) is 4.63. The number of rotatable bonds is 3. The lowest BCUT2D eigenvalue weighted by Gasteiger charge is -2.25. The molecule has 1 aromatic heterocycles. The second-order valence-corrected chi connectivity index (χ2v) is 5.72. The van der Waals surface area contributed by atoms with Gasteiger partial charge < -0.3 is 9.73 Å². The van der Waals surface area contributed by atoms with Crippen LogP contribution in [0.25, 0.3) is 0 Å². The van der Waals surface area contributed by atoms with Crippen LogP contribution in [0.5, 0.6) is 0 Å². The summed E-state index contributed by atoms with van der Waals surface area (Å²) in [6.45, 7) is 2.10. The van der Waals surface area contributed by atoms with Gasteiger partial charge >= 0.3 is 0 Å². The molecule has 0 unspecified atom stereocenters. The molecule has 84 valence electrons. The minimum absolute atomic E-state index is 0.247. The van der Waals surface area contributed by atoms with E-state index in [0.717, 1.165) is 30.1 Å². The highest BCUT2D eigenvalue weighted by Crippen LogP contribution is 2.17. The first kappa shape index (κ1) is 10.9. The lowest BCUT2D eigenvalue weighted by atomic mass is 10.1. The van der Waals surface area contributed by atoms with Crippen LogP contribution in [0.3, 0.4) is 0 Å². The van der Waals surface area contributed by atoms with Gasteiger partial charge in [-0.05, 0) is 31.9 Å². The van der Waals surface area contributed by atoms with Crippen molar-refractivity contribution in [1.82, 2.24) is 5.32 Å². The summed E-state index contributed by atoms with van der Waals surface area (Å²) in [5.74, 6) is 2.65. The molecule has 2 heterocycles. The lowest BCUT2D eigenvalue weighted by molar-refractivity contribution is 0.373. The van der Waals surface area contributed by atoms with Crippen molar-refractivity contribution in [3.05, 3.63) is 24.2 Å². The van der Waals surface area contributed by atoms with Crippen molar-refractivity contribution in [3.8, 4) is 0 Å². The normalized spacial score (nSPS) is 28.9. The van der Waals surface area contributed by atoms with Crippen LogP contribution >= 0.6 is 0 Å². The van der Waals surface area contributed by atoms with E-state index >= 15 is 0 Å². The Hall–Kier alpha value is -0.610. The first-order valence-corrected chi connectivity index (χ1v) is 6.89. The molecule has 0 aliphatic carbocycles. The molecule has 1 N–H and O–H groups in total. The van der Waals surface area contributed by atoms with E-state index in [-0.39, 0.29) is 6.04 Å². The van der Waals surface area contributed by atoms with Crippen LogP contribution < -0.4 is 5.32 Å². The van der Waals surface area contributed by atoms with Crippen LogP contribution in [0.2, 0.25) is 0 Å². The van der Waals surface area contributed by atoms with Gasteiger partial charge in [-0.25, -0.2) is 0 Å². The zero-order valence-electron chi connectivity index (χ0n) is 8.94. The van der Waals surface area contributed by atoms with Gasteiger partial charge in [0.2, 0.25) is 0 Å². The van der Waals surface area contributed by atoms with E-state index in [1.54, 1.807) is 6.26 Å². The van der Waals surface area contributed by atoms with Gasteiger partial charge in [-0.15, -0.1) is 0 Å². The first-order valence-electron chi connectivity index (χ1n) is 5.40. The summed E-state index contributed by atoms with van der Waals surface area (Å²) in [4.78, 5) is 0. The SMILES string of the molecule is C[C@@H](NC1CCS(=O)CC1)c1ccco1. The van der Waals surface area contributed by atoms with Crippen molar-refractivity contribution in [2.45, 2.75) is 31.8 Å². The molecular weight excluding hydrogens is 210 g/mol. The molecule has 1 aromatic rings. The topological polar surface area (TPSA) is 42.2 Å². The van der Waals surface area contributed by atoms with Crippen LogP contribution in [0.15, 0.2) is 22.8 Å². The number of nitrogens with one attached hydrogen (secondary N) is 1. The summed E-state index contributed by atoms with van der Waals surface area (Å²) in [7, 11) is -0.576. The predicted molar refractivity (Wildman–Crippen MR) is 61.2 cm³/mol. The van der Waals surface area contributed by atoms with Gasteiger partial charge in [0.1, 0.15) is 5.76 Å². The zero-order valence-corrected chi connectivity index (χ0v) is 9.76. The Morgan fingerprint density at radius 2 is 2.27 bits per heavy atom. The summed E-state index contributed by atoms with van der Waals surface area (Å²) in [5, 5.41) is 3.51. The molecule has 1 aliphatic heterocycles. The van der Waals surface area contributed by atoms with E-state index in [1.165, 1.54) is 0 Å². The fourth-order valence-corrected chi connectivity index (χ4v) is 3.23. The highest BCUT2D eigenvalue weighted by molar-refractivity contribution is 7.85. The van der Waals surface area contributed by atoms with Gasteiger partial charge in [0.25, 0.3) is 0 Å². The Labute approximate surface area is 92.7 Å².